The average Bonchev–Trinajstić information content (AvgIpc) is 3.97. The van der Waals surface area contributed by atoms with E-state index in [-0.39, 0.29) is 28.9 Å². The predicted molar refractivity (Wildman–Crippen MR) is 190 cm³/mol. The largest absolute Gasteiger partial charge is 0.481 e. The SMILES string of the molecule is N#C[C@@]1(c2ccc3c(N)ncnn23)O[C@@H](COP(=O)(N[C@@H](CC(=O)OC2CCCC2)C(=O)OC2CCCC2)Oc2ccccc2)[C@H](CC(=O)O)[C@H]1CC(=O)O. The van der Waals surface area contributed by atoms with Crippen LogP contribution in [0.4, 0.5) is 5.82 Å². The molecule has 0 bridgehead atoms. The van der Waals surface area contributed by atoms with Gasteiger partial charge in [0.25, 0.3) is 0 Å². The molecule has 0 spiro atoms. The summed E-state index contributed by atoms with van der Waals surface area (Å²) in [5.74, 6) is -6.65. The first kappa shape index (κ1) is 39.6. The monoisotopic (exact) mass is 782 g/mol. The molecule has 18 nitrogen and oxygen atoms in total. The number of carbonyl (C=O) groups excluding carboxylic acids is 2. The number of rotatable bonds is 17. The molecule has 0 radical (unpaired) electrons. The fourth-order valence-corrected chi connectivity index (χ4v) is 9.16. The van der Waals surface area contributed by atoms with Gasteiger partial charge in [0.05, 0.1) is 37.7 Å². The maximum Gasteiger partial charge on any atom is 0.459 e. The molecule has 0 amide bonds. The van der Waals surface area contributed by atoms with Crippen molar-refractivity contribution in [1.82, 2.24) is 19.7 Å². The zero-order valence-corrected chi connectivity index (χ0v) is 30.8. The van der Waals surface area contributed by atoms with Crippen molar-refractivity contribution in [3.63, 3.8) is 0 Å². The number of aliphatic carboxylic acids is 2. The highest BCUT2D eigenvalue weighted by molar-refractivity contribution is 7.52. The van der Waals surface area contributed by atoms with Crippen LogP contribution in [0.1, 0.15) is 76.3 Å². The highest BCUT2D eigenvalue weighted by Gasteiger charge is 2.59. The van der Waals surface area contributed by atoms with Crippen LogP contribution >= 0.6 is 7.75 Å². The van der Waals surface area contributed by atoms with Gasteiger partial charge in [0, 0.05) is 11.8 Å². The van der Waals surface area contributed by atoms with Crippen LogP contribution in [0.25, 0.3) is 5.52 Å². The molecule has 3 aliphatic rings. The molecule has 1 saturated heterocycles. The molecule has 2 aromatic heterocycles. The Morgan fingerprint density at radius 3 is 2.29 bits per heavy atom. The zero-order valence-electron chi connectivity index (χ0n) is 29.9. The second-order valence-electron chi connectivity index (χ2n) is 14.0. The summed E-state index contributed by atoms with van der Waals surface area (Å²) in [7, 11) is -4.73. The molecule has 1 unspecified atom stereocenters. The van der Waals surface area contributed by atoms with Gasteiger partial charge in [0.2, 0.25) is 0 Å². The molecule has 3 fully saturated rings. The van der Waals surface area contributed by atoms with Crippen LogP contribution in [0.15, 0.2) is 48.8 Å². The third-order valence-corrected chi connectivity index (χ3v) is 11.8. The lowest BCUT2D eigenvalue weighted by Crippen LogP contribution is -2.41. The topological polar surface area (TPSA) is 264 Å². The van der Waals surface area contributed by atoms with Gasteiger partial charge in [-0.25, -0.2) is 14.1 Å². The van der Waals surface area contributed by atoms with Crippen LogP contribution in [-0.2, 0) is 48.1 Å². The number of carboxylic acids is 2. The molecule has 19 heteroatoms. The fourth-order valence-electron chi connectivity index (χ4n) is 7.65. The summed E-state index contributed by atoms with van der Waals surface area (Å²) < 4.78 is 45.5. The molecule has 6 atom stereocenters. The van der Waals surface area contributed by atoms with Crippen molar-refractivity contribution < 1.29 is 57.2 Å². The number of esters is 2. The first-order chi connectivity index (χ1) is 26.4. The summed E-state index contributed by atoms with van der Waals surface area (Å²) in [5, 5.41) is 37.5. The lowest BCUT2D eigenvalue weighted by atomic mass is 9.75. The quantitative estimate of drug-likeness (QED) is 0.111. The summed E-state index contributed by atoms with van der Waals surface area (Å²) in [6.45, 7) is -0.716. The number of nitrogens with zero attached hydrogens (tertiary/aromatic N) is 4. The van der Waals surface area contributed by atoms with E-state index in [4.69, 9.17) is 29.0 Å². The van der Waals surface area contributed by atoms with E-state index in [2.05, 4.69) is 21.2 Å². The van der Waals surface area contributed by atoms with Crippen LogP contribution in [0.5, 0.6) is 5.75 Å². The third-order valence-electron chi connectivity index (χ3n) is 10.2. The van der Waals surface area contributed by atoms with Crippen LogP contribution in [0.2, 0.25) is 0 Å². The summed E-state index contributed by atoms with van der Waals surface area (Å²) in [5.41, 5.74) is 4.25. The predicted octanol–water partition coefficient (Wildman–Crippen LogP) is 4.13. The minimum atomic E-state index is -4.73. The molecule has 1 aromatic carbocycles. The number of nitriles is 1. The van der Waals surface area contributed by atoms with Gasteiger partial charge in [-0.2, -0.15) is 15.4 Å². The van der Waals surface area contributed by atoms with Gasteiger partial charge >= 0.3 is 31.6 Å². The number of fused-ring (bicyclic) bond motifs is 1. The maximum absolute atomic E-state index is 14.8. The van der Waals surface area contributed by atoms with E-state index in [1.165, 1.54) is 28.8 Å². The van der Waals surface area contributed by atoms with E-state index < -0.39 is 93.2 Å². The number of para-hydroxylation sites is 1. The minimum absolute atomic E-state index is 0.0521. The Labute approximate surface area is 315 Å². The summed E-state index contributed by atoms with van der Waals surface area (Å²) in [4.78, 5) is 55.2. The average molecular weight is 783 g/mol. The Kier molecular flexibility index (Phi) is 12.4. The molecule has 55 heavy (non-hydrogen) atoms. The first-order valence-electron chi connectivity index (χ1n) is 18.2. The van der Waals surface area contributed by atoms with E-state index in [0.717, 1.165) is 32.0 Å². The number of hydrogen-bond donors (Lipinski definition) is 4. The Bertz CT molecular complexity index is 1960. The molecule has 3 heterocycles. The molecular weight excluding hydrogens is 739 g/mol. The zero-order chi connectivity index (χ0) is 39.2. The van der Waals surface area contributed by atoms with E-state index >= 15 is 0 Å². The Hall–Kier alpha value is -5.08. The van der Waals surface area contributed by atoms with Crippen molar-refractivity contribution in [3.05, 3.63) is 54.5 Å². The Balaban J connectivity index is 1.33. The summed E-state index contributed by atoms with van der Waals surface area (Å²) >= 11 is 0. The van der Waals surface area contributed by atoms with Gasteiger partial charge in [0.1, 0.15) is 41.9 Å². The minimum Gasteiger partial charge on any atom is -0.481 e. The fraction of sp³-hybridized carbons (Fsp3) is 0.528. The molecule has 3 aromatic rings. The Morgan fingerprint density at radius 2 is 1.65 bits per heavy atom. The van der Waals surface area contributed by atoms with Gasteiger partial charge < -0.3 is 34.7 Å². The molecule has 2 aliphatic carbocycles. The van der Waals surface area contributed by atoms with Gasteiger partial charge in [-0.15, -0.1) is 0 Å². The molecule has 294 valence electrons. The van der Waals surface area contributed by atoms with Gasteiger partial charge in [-0.3, -0.25) is 23.7 Å². The van der Waals surface area contributed by atoms with Crippen molar-refractivity contribution in [2.75, 3.05) is 12.3 Å². The number of carbonyl (C=O) groups is 4. The number of ether oxygens (including phenoxy) is 3. The van der Waals surface area contributed by atoms with Crippen molar-refractivity contribution in [1.29, 1.82) is 5.26 Å². The van der Waals surface area contributed by atoms with Crippen LogP contribution in [0.3, 0.4) is 0 Å². The highest BCUT2D eigenvalue weighted by atomic mass is 31.2. The molecule has 2 saturated carbocycles. The molecule has 1 aliphatic heterocycles. The van der Waals surface area contributed by atoms with Crippen molar-refractivity contribution in [2.24, 2.45) is 11.8 Å². The number of nitrogens with two attached hydrogens (primary N) is 1. The normalized spacial score (nSPS) is 24.5. The molecule has 5 N–H and O–H groups in total. The Morgan fingerprint density at radius 1 is 1.00 bits per heavy atom. The second-order valence-corrected chi connectivity index (χ2v) is 15.6. The number of nitrogen functional groups attached to an aromatic ring is 1. The number of nitrogens with one attached hydrogen (secondary N) is 1. The highest BCUT2D eigenvalue weighted by Crippen LogP contribution is 2.53. The standard InChI is InChI=1S/C36H43N6O12P/c37-20-36(30-15-14-28-34(38)39-21-40-42(28)30)26(17-32(45)46)25(16-31(43)44)29(53-36)19-50-55(49,54-24-12-2-1-3-13-24)41-27(35(48)52-23-10-6-7-11-23)18-33(47)51-22-8-4-5-9-22/h1-3,12-15,21-23,25-27,29H,4-11,16-19H2,(H,41,49)(H,43,44)(H,45,46)(H2,38,39,40)/t25-,26-,27+,29+,36-,55?/m1/s1. The number of aromatic nitrogens is 3. The maximum atomic E-state index is 14.8. The third kappa shape index (κ3) is 9.25. The number of benzene rings is 1. The molecule has 6 rings (SSSR count). The van der Waals surface area contributed by atoms with Gasteiger partial charge in [-0.05, 0) is 75.6 Å². The molecular formula is C36H43N6O12P. The van der Waals surface area contributed by atoms with E-state index in [9.17, 15) is 39.2 Å². The summed E-state index contributed by atoms with van der Waals surface area (Å²) in [6, 6.07) is 11.3. The summed E-state index contributed by atoms with van der Waals surface area (Å²) in [6.07, 6.45) is 3.19. The lowest BCUT2D eigenvalue weighted by molar-refractivity contribution is -0.157. The smallest absolute Gasteiger partial charge is 0.459 e. The number of anilines is 1. The lowest BCUT2D eigenvalue weighted by Gasteiger charge is -2.28. The van der Waals surface area contributed by atoms with Crippen LogP contribution < -0.4 is 15.3 Å². The van der Waals surface area contributed by atoms with E-state index in [0.29, 0.717) is 25.7 Å². The van der Waals surface area contributed by atoms with Crippen molar-refractivity contribution in [3.8, 4) is 11.8 Å². The van der Waals surface area contributed by atoms with Crippen molar-refractivity contribution >= 4 is 43.0 Å². The van der Waals surface area contributed by atoms with Crippen LogP contribution in [-0.4, -0.2) is 79.6 Å². The first-order valence-corrected chi connectivity index (χ1v) is 19.7. The van der Waals surface area contributed by atoms with Gasteiger partial charge in [0.15, 0.2) is 11.4 Å². The number of hydrogen-bond acceptors (Lipinski definition) is 14. The van der Waals surface area contributed by atoms with E-state index in [1.54, 1.807) is 18.2 Å². The van der Waals surface area contributed by atoms with Crippen molar-refractivity contribution in [2.45, 2.75) is 101 Å². The van der Waals surface area contributed by atoms with E-state index in [1.807, 2.05) is 0 Å². The van der Waals surface area contributed by atoms with Crippen LogP contribution in [0, 0.1) is 23.2 Å². The second kappa shape index (κ2) is 17.2. The van der Waals surface area contributed by atoms with Gasteiger partial charge in [-0.1, -0.05) is 18.2 Å². The number of carboxylic acid groups (broad SMARTS) is 2.